The maximum absolute atomic E-state index is 10.9. The zero-order valence-electron chi connectivity index (χ0n) is 20.2. The van der Waals surface area contributed by atoms with Crippen LogP contribution < -0.4 is 5.32 Å². The number of fused-ring (bicyclic) bond motifs is 1. The number of nitrogens with zero attached hydrogens (tertiary/aromatic N) is 5. The number of aliphatic hydroxyl groups is 1. The summed E-state index contributed by atoms with van der Waals surface area (Å²) in [6.07, 6.45) is 4.77. The molecule has 2 aromatic heterocycles. The van der Waals surface area contributed by atoms with Crippen LogP contribution >= 0.6 is 0 Å². The van der Waals surface area contributed by atoms with Gasteiger partial charge in [-0.05, 0) is 37.1 Å². The van der Waals surface area contributed by atoms with Crippen LogP contribution in [0.25, 0.3) is 22.5 Å². The third kappa shape index (κ3) is 5.38. The summed E-state index contributed by atoms with van der Waals surface area (Å²) in [5.41, 5.74) is 7.00. The number of anilines is 1. The lowest BCUT2D eigenvalue weighted by Crippen LogP contribution is -2.40. The number of aliphatic hydroxyl groups excluding tert-OH is 1. The van der Waals surface area contributed by atoms with Crippen molar-refractivity contribution in [2.45, 2.75) is 64.5 Å². The average Bonchev–Trinajstić information content (AvgIpc) is 3.38. The van der Waals surface area contributed by atoms with Crippen molar-refractivity contribution in [2.24, 2.45) is 0 Å². The molecular weight excluding hydrogens is 438 g/mol. The highest BCUT2D eigenvalue weighted by Crippen LogP contribution is 2.34. The predicted octanol–water partition coefficient (Wildman–Crippen LogP) is 4.44. The molecule has 2 aromatic carbocycles. The highest BCUT2D eigenvalue weighted by Gasteiger charge is 2.29. The number of hydrogen-bond donors (Lipinski definition) is 3. The molecule has 4 aromatic rings. The fourth-order valence-electron chi connectivity index (χ4n) is 4.55. The lowest BCUT2D eigenvalue weighted by molar-refractivity contribution is 0.141. The van der Waals surface area contributed by atoms with E-state index >= 15 is 0 Å². The Bertz CT molecular complexity index is 1250. The molecule has 0 aliphatic carbocycles. The number of hydrogen-bond acceptors (Lipinski definition) is 7. The Morgan fingerprint density at radius 1 is 0.857 bits per heavy atom. The second kappa shape index (κ2) is 10.3. The van der Waals surface area contributed by atoms with Gasteiger partial charge in [0, 0.05) is 24.0 Å². The monoisotopic (exact) mass is 469 g/mol. The van der Waals surface area contributed by atoms with Crippen molar-refractivity contribution in [3.63, 3.8) is 0 Å². The molecule has 8 heteroatoms. The molecule has 2 atom stereocenters. The summed E-state index contributed by atoms with van der Waals surface area (Å²) in [4.78, 5) is 10.1. The first kappa shape index (κ1) is 23.1. The number of rotatable bonds is 8. The Balaban J connectivity index is 1.36. The van der Waals surface area contributed by atoms with Gasteiger partial charge in [0.25, 0.3) is 0 Å². The Morgan fingerprint density at radius 2 is 1.51 bits per heavy atom. The van der Waals surface area contributed by atoms with Gasteiger partial charge in [0.05, 0.1) is 29.2 Å². The van der Waals surface area contributed by atoms with Crippen LogP contribution in [0.4, 0.5) is 5.82 Å². The molecule has 1 aliphatic rings. The Hall–Kier alpha value is -3.65. The molecule has 8 nitrogen and oxygen atoms in total. The Kier molecular flexibility index (Phi) is 6.81. The first-order valence-corrected chi connectivity index (χ1v) is 12.3. The van der Waals surface area contributed by atoms with E-state index in [1.807, 2.05) is 0 Å². The largest absolute Gasteiger partial charge is 0.391 e. The third-order valence-electron chi connectivity index (χ3n) is 6.63. The zero-order valence-corrected chi connectivity index (χ0v) is 20.2. The van der Waals surface area contributed by atoms with Gasteiger partial charge in [-0.25, -0.2) is 15.1 Å². The Morgan fingerprint density at radius 3 is 2.14 bits per heavy atom. The van der Waals surface area contributed by atoms with E-state index in [1.165, 1.54) is 11.1 Å². The van der Waals surface area contributed by atoms with Crippen molar-refractivity contribution in [3.8, 4) is 22.5 Å². The zero-order chi connectivity index (χ0) is 24.2. The molecule has 5 rings (SSSR count). The van der Waals surface area contributed by atoms with E-state index in [1.54, 1.807) is 0 Å². The third-order valence-corrected chi connectivity index (χ3v) is 6.63. The number of aromatic amines is 1. The summed E-state index contributed by atoms with van der Waals surface area (Å²) < 4.78 is 0. The maximum Gasteiger partial charge on any atom is 0.148 e. The number of nitrogens with one attached hydrogen (secondary N) is 2. The minimum atomic E-state index is -0.494. The summed E-state index contributed by atoms with van der Waals surface area (Å²) in [5.74, 6) is 1.59. The van der Waals surface area contributed by atoms with E-state index in [4.69, 9.17) is 9.97 Å². The summed E-state index contributed by atoms with van der Waals surface area (Å²) >= 11 is 0. The van der Waals surface area contributed by atoms with E-state index in [-0.39, 0.29) is 6.04 Å². The van der Waals surface area contributed by atoms with Gasteiger partial charge in [-0.1, -0.05) is 72.5 Å². The number of unbranched alkanes of at least 4 members (excludes halogenated alkanes) is 2. The maximum atomic E-state index is 10.9. The van der Waals surface area contributed by atoms with Gasteiger partial charge < -0.3 is 10.4 Å². The lowest BCUT2D eigenvalue weighted by Gasteiger charge is -2.31. The molecule has 0 bridgehead atoms. The number of benzene rings is 2. The van der Waals surface area contributed by atoms with Crippen LogP contribution in [0.15, 0.2) is 48.5 Å². The molecule has 0 amide bonds. The van der Waals surface area contributed by atoms with Gasteiger partial charge in [0.2, 0.25) is 0 Å². The predicted molar refractivity (Wildman–Crippen MR) is 136 cm³/mol. The second-order valence-corrected chi connectivity index (χ2v) is 9.42. The van der Waals surface area contributed by atoms with Crippen molar-refractivity contribution in [1.29, 1.82) is 0 Å². The quantitative estimate of drug-likeness (QED) is 0.327. The van der Waals surface area contributed by atoms with Crippen LogP contribution in [0, 0.1) is 13.8 Å². The van der Waals surface area contributed by atoms with Crippen molar-refractivity contribution < 1.29 is 5.11 Å². The topological polar surface area (TPSA) is 113 Å². The van der Waals surface area contributed by atoms with Crippen LogP contribution in [0.1, 0.15) is 48.3 Å². The summed E-state index contributed by atoms with van der Waals surface area (Å²) in [5, 5.41) is 28.3. The molecular formula is C27H31N7O. The highest BCUT2D eigenvalue weighted by molar-refractivity contribution is 5.79. The van der Waals surface area contributed by atoms with Crippen LogP contribution in [-0.2, 0) is 12.8 Å². The second-order valence-electron chi connectivity index (χ2n) is 9.42. The molecule has 35 heavy (non-hydrogen) atoms. The first-order valence-electron chi connectivity index (χ1n) is 12.3. The molecule has 3 N–H and O–H groups in total. The smallest absolute Gasteiger partial charge is 0.148 e. The number of H-pyrrole nitrogens is 1. The van der Waals surface area contributed by atoms with Crippen molar-refractivity contribution >= 4 is 5.82 Å². The van der Waals surface area contributed by atoms with Crippen LogP contribution in [0.5, 0.6) is 0 Å². The minimum Gasteiger partial charge on any atom is -0.391 e. The molecule has 0 fully saturated rings. The van der Waals surface area contributed by atoms with Gasteiger partial charge in [0.15, 0.2) is 0 Å². The van der Waals surface area contributed by atoms with E-state index in [9.17, 15) is 5.11 Å². The number of aryl methyl sites for hydroxylation is 3. The summed E-state index contributed by atoms with van der Waals surface area (Å²) in [7, 11) is 0. The first-order chi connectivity index (χ1) is 17.1. The minimum absolute atomic E-state index is 0.0418. The van der Waals surface area contributed by atoms with E-state index < -0.39 is 6.10 Å². The van der Waals surface area contributed by atoms with Crippen molar-refractivity contribution in [1.82, 2.24) is 30.6 Å². The fourth-order valence-corrected chi connectivity index (χ4v) is 4.55. The van der Waals surface area contributed by atoms with Gasteiger partial charge >= 0.3 is 0 Å². The SMILES string of the molecule is Cc1ccc(-c2nc3c(nc2-c2ccc(C)cc2)NC(CCCCCc2nnn[nH]2)C(O)C3)cc1. The molecule has 0 spiro atoms. The highest BCUT2D eigenvalue weighted by atomic mass is 16.3. The van der Waals surface area contributed by atoms with Gasteiger partial charge in [-0.15, -0.1) is 5.10 Å². The Labute approximate surface area is 205 Å². The van der Waals surface area contributed by atoms with Crippen LogP contribution in [0.3, 0.4) is 0 Å². The van der Waals surface area contributed by atoms with Crippen molar-refractivity contribution in [2.75, 3.05) is 5.32 Å². The fraction of sp³-hybridized carbons (Fsp3) is 0.370. The molecule has 0 radical (unpaired) electrons. The standard InChI is InChI=1S/C27H31N7O/c1-17-8-12-19(13-9-17)25-26(20-14-10-18(2)11-15-20)30-27-22(28-25)16-23(35)21(29-27)6-4-3-5-7-24-31-33-34-32-24/h8-15,21,23,35H,3-7,16H2,1-2H3,(H,29,30)(H,31,32,33,34). The number of aromatic nitrogens is 6. The van der Waals surface area contributed by atoms with E-state index in [2.05, 4.69) is 88.3 Å². The molecule has 2 unspecified atom stereocenters. The summed E-state index contributed by atoms with van der Waals surface area (Å²) in [6, 6.07) is 16.7. The summed E-state index contributed by atoms with van der Waals surface area (Å²) in [6.45, 7) is 4.16. The molecule has 0 saturated heterocycles. The van der Waals surface area contributed by atoms with Crippen molar-refractivity contribution in [3.05, 3.63) is 71.2 Å². The van der Waals surface area contributed by atoms with Gasteiger partial charge in [-0.2, -0.15) is 0 Å². The average molecular weight is 470 g/mol. The molecule has 0 saturated carbocycles. The van der Waals surface area contributed by atoms with Gasteiger partial charge in [-0.3, -0.25) is 0 Å². The number of tetrazole rings is 1. The molecule has 3 heterocycles. The normalized spacial score (nSPS) is 17.1. The van der Waals surface area contributed by atoms with Crippen LogP contribution in [0.2, 0.25) is 0 Å². The lowest BCUT2D eigenvalue weighted by atomic mass is 9.95. The molecule has 180 valence electrons. The van der Waals surface area contributed by atoms with E-state index in [0.717, 1.165) is 72.0 Å². The van der Waals surface area contributed by atoms with Gasteiger partial charge in [0.1, 0.15) is 11.6 Å². The molecule has 1 aliphatic heterocycles. The van der Waals surface area contributed by atoms with Crippen LogP contribution in [-0.4, -0.2) is 47.8 Å². The van der Waals surface area contributed by atoms with E-state index in [0.29, 0.717) is 6.42 Å².